The molecule has 3 heteroatoms. The normalized spacial score (nSPS) is 12.6. The van der Waals surface area contributed by atoms with Crippen molar-refractivity contribution in [3.63, 3.8) is 0 Å². The Kier molecular flexibility index (Phi) is 7.53. The lowest BCUT2D eigenvalue weighted by Crippen LogP contribution is -2.32. The van der Waals surface area contributed by atoms with Crippen LogP contribution in [0.3, 0.4) is 0 Å². The molecule has 0 atom stereocenters. The summed E-state index contributed by atoms with van der Waals surface area (Å²) in [4.78, 5) is 11.4. The zero-order valence-electron chi connectivity index (χ0n) is 13.1. The molecule has 0 saturated carbocycles. The minimum absolute atomic E-state index is 0.0132. The standard InChI is InChI=1S/C15H31NO2/c1-14(2,3)10-8-7-9-11-16-13(17)12-18-15(4,5)6/h7-12H2,1-6H3,(H,16,17). The van der Waals surface area contributed by atoms with E-state index in [2.05, 4.69) is 26.1 Å². The van der Waals surface area contributed by atoms with E-state index in [9.17, 15) is 4.79 Å². The lowest BCUT2D eigenvalue weighted by atomic mass is 9.89. The first-order chi connectivity index (χ1) is 8.10. The van der Waals surface area contributed by atoms with Crippen molar-refractivity contribution in [3.8, 4) is 0 Å². The van der Waals surface area contributed by atoms with Gasteiger partial charge in [0.1, 0.15) is 6.61 Å². The SMILES string of the molecule is CC(C)(C)CCCCCNC(=O)COC(C)(C)C. The van der Waals surface area contributed by atoms with Gasteiger partial charge in [0, 0.05) is 6.54 Å². The van der Waals surface area contributed by atoms with Crippen LogP contribution in [0.25, 0.3) is 0 Å². The number of carbonyl (C=O) groups is 1. The van der Waals surface area contributed by atoms with Crippen molar-refractivity contribution in [2.45, 2.75) is 72.8 Å². The number of rotatable bonds is 7. The van der Waals surface area contributed by atoms with Crippen molar-refractivity contribution in [2.24, 2.45) is 5.41 Å². The minimum Gasteiger partial charge on any atom is -0.366 e. The molecule has 0 saturated heterocycles. The van der Waals surface area contributed by atoms with Gasteiger partial charge in [-0.1, -0.05) is 33.6 Å². The number of carbonyl (C=O) groups excluding carboxylic acids is 1. The van der Waals surface area contributed by atoms with Crippen molar-refractivity contribution in [2.75, 3.05) is 13.2 Å². The lowest BCUT2D eigenvalue weighted by Gasteiger charge is -2.19. The van der Waals surface area contributed by atoms with E-state index >= 15 is 0 Å². The van der Waals surface area contributed by atoms with E-state index < -0.39 is 0 Å². The Morgan fingerprint density at radius 1 is 1.00 bits per heavy atom. The van der Waals surface area contributed by atoms with E-state index in [1.54, 1.807) is 0 Å². The molecule has 0 spiro atoms. The Morgan fingerprint density at radius 2 is 1.61 bits per heavy atom. The smallest absolute Gasteiger partial charge is 0.246 e. The average Bonchev–Trinajstić information content (AvgIpc) is 2.17. The highest BCUT2D eigenvalue weighted by Gasteiger charge is 2.12. The van der Waals surface area contributed by atoms with Crippen LogP contribution in [0, 0.1) is 5.41 Å². The number of ether oxygens (including phenoxy) is 1. The third-order valence-corrected chi connectivity index (χ3v) is 2.56. The van der Waals surface area contributed by atoms with Gasteiger partial charge in [-0.25, -0.2) is 0 Å². The second kappa shape index (κ2) is 7.78. The molecule has 0 aromatic rings. The summed E-state index contributed by atoms with van der Waals surface area (Å²) in [6, 6.07) is 0. The molecule has 0 fully saturated rings. The fraction of sp³-hybridized carbons (Fsp3) is 0.933. The molecule has 0 heterocycles. The molecule has 0 rings (SSSR count). The molecular formula is C15H31NO2. The highest BCUT2D eigenvalue weighted by atomic mass is 16.5. The van der Waals surface area contributed by atoms with E-state index in [1.807, 2.05) is 20.8 Å². The molecule has 1 N–H and O–H groups in total. The number of nitrogens with one attached hydrogen (secondary N) is 1. The molecule has 108 valence electrons. The molecule has 0 radical (unpaired) electrons. The maximum atomic E-state index is 11.4. The summed E-state index contributed by atoms with van der Waals surface area (Å²) in [6.07, 6.45) is 4.71. The van der Waals surface area contributed by atoms with Gasteiger partial charge >= 0.3 is 0 Å². The van der Waals surface area contributed by atoms with E-state index in [1.165, 1.54) is 19.3 Å². The van der Waals surface area contributed by atoms with Gasteiger partial charge < -0.3 is 10.1 Å². The Bertz CT molecular complexity index is 236. The van der Waals surface area contributed by atoms with Crippen LogP contribution in [0.5, 0.6) is 0 Å². The maximum absolute atomic E-state index is 11.4. The summed E-state index contributed by atoms with van der Waals surface area (Å²) >= 11 is 0. The predicted octanol–water partition coefficient (Wildman–Crippen LogP) is 3.52. The van der Waals surface area contributed by atoms with Crippen molar-refractivity contribution >= 4 is 5.91 Å². The van der Waals surface area contributed by atoms with Crippen molar-refractivity contribution in [3.05, 3.63) is 0 Å². The molecule has 0 unspecified atom stereocenters. The van der Waals surface area contributed by atoms with Crippen LogP contribution < -0.4 is 5.32 Å². The third-order valence-electron chi connectivity index (χ3n) is 2.56. The molecule has 3 nitrogen and oxygen atoms in total. The van der Waals surface area contributed by atoms with Gasteiger partial charge in [0.25, 0.3) is 0 Å². The molecule has 0 aliphatic carbocycles. The summed E-state index contributed by atoms with van der Waals surface area (Å²) in [6.45, 7) is 13.6. The van der Waals surface area contributed by atoms with Gasteiger partial charge in [0.2, 0.25) is 5.91 Å². The highest BCUT2D eigenvalue weighted by Crippen LogP contribution is 2.21. The van der Waals surface area contributed by atoms with Crippen LogP contribution in [0.15, 0.2) is 0 Å². The van der Waals surface area contributed by atoms with Gasteiger partial charge in [-0.3, -0.25) is 4.79 Å². The van der Waals surface area contributed by atoms with Crippen molar-refractivity contribution in [1.29, 1.82) is 0 Å². The molecule has 18 heavy (non-hydrogen) atoms. The Hall–Kier alpha value is -0.570. The van der Waals surface area contributed by atoms with Gasteiger partial charge in [0.05, 0.1) is 5.60 Å². The van der Waals surface area contributed by atoms with E-state index in [-0.39, 0.29) is 18.1 Å². The van der Waals surface area contributed by atoms with Crippen LogP contribution in [0.1, 0.15) is 67.2 Å². The molecule has 0 bridgehead atoms. The van der Waals surface area contributed by atoms with Crippen LogP contribution >= 0.6 is 0 Å². The summed E-state index contributed by atoms with van der Waals surface area (Å²) in [5.41, 5.74) is 0.174. The second-order valence-corrected chi connectivity index (χ2v) is 7.12. The fourth-order valence-electron chi connectivity index (χ4n) is 1.52. The topological polar surface area (TPSA) is 38.3 Å². The first-order valence-electron chi connectivity index (χ1n) is 7.01. The molecule has 0 aliphatic heterocycles. The summed E-state index contributed by atoms with van der Waals surface area (Å²) < 4.78 is 5.40. The van der Waals surface area contributed by atoms with Gasteiger partial charge in [-0.2, -0.15) is 0 Å². The van der Waals surface area contributed by atoms with E-state index in [0.29, 0.717) is 5.41 Å². The Labute approximate surface area is 113 Å². The van der Waals surface area contributed by atoms with Gasteiger partial charge in [-0.05, 0) is 39.0 Å². The number of amides is 1. The monoisotopic (exact) mass is 257 g/mol. The first kappa shape index (κ1) is 17.4. The average molecular weight is 257 g/mol. The Balaban J connectivity index is 3.42. The largest absolute Gasteiger partial charge is 0.366 e. The third kappa shape index (κ3) is 13.5. The summed E-state index contributed by atoms with van der Waals surface area (Å²) in [7, 11) is 0. The first-order valence-corrected chi connectivity index (χ1v) is 7.01. The predicted molar refractivity (Wildman–Crippen MR) is 76.6 cm³/mol. The van der Waals surface area contributed by atoms with Crippen molar-refractivity contribution < 1.29 is 9.53 Å². The number of hydrogen-bond donors (Lipinski definition) is 1. The maximum Gasteiger partial charge on any atom is 0.246 e. The fourth-order valence-corrected chi connectivity index (χ4v) is 1.52. The van der Waals surface area contributed by atoms with Crippen LogP contribution in [-0.2, 0) is 9.53 Å². The summed E-state index contributed by atoms with van der Waals surface area (Å²) in [5, 5.41) is 2.89. The quantitative estimate of drug-likeness (QED) is 0.709. The Morgan fingerprint density at radius 3 is 2.11 bits per heavy atom. The van der Waals surface area contributed by atoms with Gasteiger partial charge in [0.15, 0.2) is 0 Å². The number of hydrogen-bond acceptors (Lipinski definition) is 2. The van der Waals surface area contributed by atoms with E-state index in [4.69, 9.17) is 4.74 Å². The molecule has 0 aliphatic rings. The molecular weight excluding hydrogens is 226 g/mol. The van der Waals surface area contributed by atoms with E-state index in [0.717, 1.165) is 13.0 Å². The van der Waals surface area contributed by atoms with Crippen molar-refractivity contribution in [1.82, 2.24) is 5.32 Å². The van der Waals surface area contributed by atoms with Crippen LogP contribution in [0.4, 0.5) is 0 Å². The zero-order valence-corrected chi connectivity index (χ0v) is 13.1. The lowest BCUT2D eigenvalue weighted by molar-refractivity contribution is -0.130. The zero-order chi connectivity index (χ0) is 14.2. The van der Waals surface area contributed by atoms with Crippen LogP contribution in [0.2, 0.25) is 0 Å². The van der Waals surface area contributed by atoms with Gasteiger partial charge in [-0.15, -0.1) is 0 Å². The second-order valence-electron chi connectivity index (χ2n) is 7.12. The minimum atomic E-state index is -0.246. The molecule has 0 aromatic heterocycles. The summed E-state index contributed by atoms with van der Waals surface area (Å²) in [5.74, 6) is -0.0132. The van der Waals surface area contributed by atoms with Crippen LogP contribution in [-0.4, -0.2) is 24.7 Å². The number of unbranched alkanes of at least 4 members (excludes halogenated alkanes) is 2. The molecule has 1 amide bonds. The highest BCUT2D eigenvalue weighted by molar-refractivity contribution is 5.77. The molecule has 0 aromatic carbocycles.